The lowest BCUT2D eigenvalue weighted by Gasteiger charge is -2.05. The van der Waals surface area contributed by atoms with Gasteiger partial charge in [-0.25, -0.2) is 0 Å². The molecular weight excluding hydrogens is 242 g/mol. The lowest BCUT2D eigenvalue weighted by molar-refractivity contribution is 0.526. The topological polar surface area (TPSA) is 26.0 Å². The molecule has 0 fully saturated rings. The third-order valence-corrected chi connectivity index (χ3v) is 4.18. The Balaban J connectivity index is 2.92. The van der Waals surface area contributed by atoms with Crippen LogP contribution in [-0.2, 0) is 0 Å². The van der Waals surface area contributed by atoms with Crippen LogP contribution in [0.4, 0.5) is 0 Å². The Morgan fingerprint density at radius 1 is 0.600 bits per heavy atom. The Kier molecular flexibility index (Phi) is 17.0. The molecule has 1 atom stereocenters. The van der Waals surface area contributed by atoms with E-state index in [0.717, 1.165) is 6.42 Å². The molecule has 1 unspecified atom stereocenters. The largest absolute Gasteiger partial charge is 0.328 e. The summed E-state index contributed by atoms with van der Waals surface area (Å²) in [6, 6.07) is 0.150. The summed E-state index contributed by atoms with van der Waals surface area (Å²) in [5.41, 5.74) is 5.64. The molecule has 0 heterocycles. The third-order valence-electron chi connectivity index (χ3n) is 4.18. The Hall–Kier alpha value is -0.0400. The standard InChI is InChI=1S/C19H40N/c1-3-4-5-6-7-8-9-10-11-12-13-14-15-16-17-18-19(2)20/h19H,2-18,20H2,1H3. The first-order valence-electron chi connectivity index (χ1n) is 9.36. The number of hydrogen-bond acceptors (Lipinski definition) is 1. The predicted octanol–water partition coefficient (Wildman–Crippen LogP) is 6.41. The smallest absolute Gasteiger partial charge is 0.00394 e. The van der Waals surface area contributed by atoms with Gasteiger partial charge < -0.3 is 5.73 Å². The van der Waals surface area contributed by atoms with Crippen LogP contribution in [0.2, 0.25) is 0 Å². The van der Waals surface area contributed by atoms with Crippen molar-refractivity contribution < 1.29 is 0 Å². The Morgan fingerprint density at radius 3 is 1.20 bits per heavy atom. The highest BCUT2D eigenvalue weighted by Crippen LogP contribution is 2.13. The van der Waals surface area contributed by atoms with E-state index in [0.29, 0.717) is 0 Å². The molecule has 0 aliphatic heterocycles. The molecule has 0 aromatic carbocycles. The van der Waals surface area contributed by atoms with Gasteiger partial charge in [0.05, 0.1) is 0 Å². The molecule has 121 valence electrons. The van der Waals surface area contributed by atoms with Gasteiger partial charge in [-0.3, -0.25) is 0 Å². The number of hydrogen-bond donors (Lipinski definition) is 1. The van der Waals surface area contributed by atoms with Crippen LogP contribution in [0.5, 0.6) is 0 Å². The van der Waals surface area contributed by atoms with E-state index in [-0.39, 0.29) is 6.04 Å². The molecule has 0 amide bonds. The molecule has 1 radical (unpaired) electrons. The SMILES string of the molecule is [CH2]C(N)CCCCCCCCCCCCCCCCC. The fourth-order valence-electron chi connectivity index (χ4n) is 2.78. The molecule has 0 aromatic rings. The van der Waals surface area contributed by atoms with Crippen LogP contribution in [0.1, 0.15) is 110 Å². The summed E-state index contributed by atoms with van der Waals surface area (Å²) in [5.74, 6) is 0. The molecule has 0 bridgehead atoms. The summed E-state index contributed by atoms with van der Waals surface area (Å²) in [6.07, 6.45) is 22.4. The summed E-state index contributed by atoms with van der Waals surface area (Å²) >= 11 is 0. The zero-order chi connectivity index (χ0) is 14.9. The van der Waals surface area contributed by atoms with Gasteiger partial charge >= 0.3 is 0 Å². The highest BCUT2D eigenvalue weighted by molar-refractivity contribution is 4.62. The van der Waals surface area contributed by atoms with E-state index in [9.17, 15) is 0 Å². The predicted molar refractivity (Wildman–Crippen MR) is 92.9 cm³/mol. The maximum atomic E-state index is 5.64. The molecular formula is C19H40N. The van der Waals surface area contributed by atoms with Crippen LogP contribution in [0, 0.1) is 6.92 Å². The van der Waals surface area contributed by atoms with Gasteiger partial charge in [-0.2, -0.15) is 0 Å². The molecule has 2 N–H and O–H groups in total. The summed E-state index contributed by atoms with van der Waals surface area (Å²) < 4.78 is 0. The molecule has 0 spiro atoms. The molecule has 0 rings (SSSR count). The number of rotatable bonds is 16. The maximum absolute atomic E-state index is 5.64. The van der Waals surface area contributed by atoms with E-state index in [4.69, 9.17) is 5.73 Å². The lowest BCUT2D eigenvalue weighted by Crippen LogP contribution is -2.14. The molecule has 0 saturated carbocycles. The van der Waals surface area contributed by atoms with Gasteiger partial charge in [0.1, 0.15) is 0 Å². The van der Waals surface area contributed by atoms with Crippen LogP contribution < -0.4 is 5.73 Å². The van der Waals surface area contributed by atoms with E-state index < -0.39 is 0 Å². The molecule has 0 aliphatic rings. The van der Waals surface area contributed by atoms with Gasteiger partial charge in [0.2, 0.25) is 0 Å². The van der Waals surface area contributed by atoms with Crippen LogP contribution in [0.15, 0.2) is 0 Å². The highest BCUT2D eigenvalue weighted by atomic mass is 14.6. The molecule has 1 heteroatoms. The van der Waals surface area contributed by atoms with Gasteiger partial charge in [-0.1, -0.05) is 103 Å². The molecule has 0 aliphatic carbocycles. The second-order valence-corrected chi connectivity index (χ2v) is 6.50. The monoisotopic (exact) mass is 282 g/mol. The zero-order valence-corrected chi connectivity index (χ0v) is 14.2. The minimum Gasteiger partial charge on any atom is -0.328 e. The van der Waals surface area contributed by atoms with E-state index in [1.807, 2.05) is 0 Å². The Bertz CT molecular complexity index is 165. The van der Waals surface area contributed by atoms with Crippen molar-refractivity contribution in [2.24, 2.45) is 5.73 Å². The minimum absolute atomic E-state index is 0.150. The van der Waals surface area contributed by atoms with Crippen LogP contribution in [-0.4, -0.2) is 6.04 Å². The first kappa shape index (κ1) is 20.0. The Labute approximate surface area is 129 Å². The molecule has 0 aromatic heterocycles. The normalized spacial score (nSPS) is 12.8. The van der Waals surface area contributed by atoms with Gasteiger partial charge in [0.15, 0.2) is 0 Å². The summed E-state index contributed by atoms with van der Waals surface area (Å²) in [7, 11) is 0. The van der Waals surface area contributed by atoms with Crippen LogP contribution in [0.3, 0.4) is 0 Å². The fraction of sp³-hybridized carbons (Fsp3) is 0.947. The Morgan fingerprint density at radius 2 is 0.900 bits per heavy atom. The van der Waals surface area contributed by atoms with E-state index in [2.05, 4.69) is 13.8 Å². The first-order chi connectivity index (χ1) is 9.77. The van der Waals surface area contributed by atoms with Crippen molar-refractivity contribution in [2.45, 2.75) is 116 Å². The molecule has 0 saturated heterocycles. The third kappa shape index (κ3) is 18.0. The van der Waals surface area contributed by atoms with E-state index in [1.165, 1.54) is 96.3 Å². The summed E-state index contributed by atoms with van der Waals surface area (Å²) in [5, 5.41) is 0. The number of nitrogens with two attached hydrogens (primary N) is 1. The van der Waals surface area contributed by atoms with Crippen molar-refractivity contribution in [3.8, 4) is 0 Å². The first-order valence-corrected chi connectivity index (χ1v) is 9.36. The highest BCUT2D eigenvalue weighted by Gasteiger charge is 1.96. The summed E-state index contributed by atoms with van der Waals surface area (Å²) in [6.45, 7) is 6.11. The average molecular weight is 283 g/mol. The number of unbranched alkanes of at least 4 members (excludes halogenated alkanes) is 14. The van der Waals surface area contributed by atoms with E-state index >= 15 is 0 Å². The van der Waals surface area contributed by atoms with Crippen molar-refractivity contribution >= 4 is 0 Å². The second kappa shape index (κ2) is 17.0. The van der Waals surface area contributed by atoms with E-state index in [1.54, 1.807) is 0 Å². The molecule has 1 nitrogen and oxygen atoms in total. The minimum atomic E-state index is 0.150. The summed E-state index contributed by atoms with van der Waals surface area (Å²) in [4.78, 5) is 0. The second-order valence-electron chi connectivity index (χ2n) is 6.50. The molecule has 20 heavy (non-hydrogen) atoms. The van der Waals surface area contributed by atoms with Crippen molar-refractivity contribution in [3.05, 3.63) is 6.92 Å². The van der Waals surface area contributed by atoms with Gasteiger partial charge in [0.25, 0.3) is 0 Å². The quantitative estimate of drug-likeness (QED) is 0.325. The van der Waals surface area contributed by atoms with Crippen molar-refractivity contribution in [1.29, 1.82) is 0 Å². The van der Waals surface area contributed by atoms with Gasteiger partial charge in [-0.05, 0) is 13.3 Å². The maximum Gasteiger partial charge on any atom is 0.00394 e. The zero-order valence-electron chi connectivity index (χ0n) is 14.2. The lowest BCUT2D eigenvalue weighted by atomic mass is 10.0. The van der Waals surface area contributed by atoms with Crippen molar-refractivity contribution in [3.63, 3.8) is 0 Å². The van der Waals surface area contributed by atoms with Crippen molar-refractivity contribution in [2.75, 3.05) is 0 Å². The van der Waals surface area contributed by atoms with Crippen LogP contribution >= 0.6 is 0 Å². The van der Waals surface area contributed by atoms with Gasteiger partial charge in [-0.15, -0.1) is 0 Å². The van der Waals surface area contributed by atoms with Crippen molar-refractivity contribution in [1.82, 2.24) is 0 Å². The van der Waals surface area contributed by atoms with Gasteiger partial charge in [0, 0.05) is 6.04 Å². The van der Waals surface area contributed by atoms with Crippen LogP contribution in [0.25, 0.3) is 0 Å². The average Bonchev–Trinajstić information content (AvgIpc) is 2.43. The fourth-order valence-corrected chi connectivity index (χ4v) is 2.78.